The van der Waals surface area contributed by atoms with E-state index >= 15 is 0 Å². The van der Waals surface area contributed by atoms with Crippen molar-refractivity contribution in [3.05, 3.63) is 77.4 Å². The molecule has 0 aromatic heterocycles. The Bertz CT molecular complexity index is 1620. The van der Waals surface area contributed by atoms with Crippen LogP contribution in [0.15, 0.2) is 55.1 Å². The molecule has 1 aliphatic carbocycles. The van der Waals surface area contributed by atoms with E-state index in [9.17, 15) is 40.5 Å². The van der Waals surface area contributed by atoms with Gasteiger partial charge in [0.05, 0.1) is 17.3 Å². The summed E-state index contributed by atoms with van der Waals surface area (Å²) in [5.41, 5.74) is -0.00261. The summed E-state index contributed by atoms with van der Waals surface area (Å²) < 4.78 is 23.9. The minimum absolute atomic E-state index is 0.00778. The molecule has 0 amide bonds. The Balaban J connectivity index is 1.40. The quantitative estimate of drug-likeness (QED) is 0.0703. The first-order valence-corrected chi connectivity index (χ1v) is 19.5. The van der Waals surface area contributed by atoms with Crippen LogP contribution in [0.2, 0.25) is 0 Å². The van der Waals surface area contributed by atoms with Crippen LogP contribution in [0.4, 0.5) is 0 Å². The molecule has 10 unspecified atom stereocenters. The van der Waals surface area contributed by atoms with E-state index in [1.807, 2.05) is 18.2 Å². The number of aliphatic hydroxyl groups excluding tert-OH is 4. The monoisotopic (exact) mass is 766 g/mol. The number of rotatable bonds is 17. The van der Waals surface area contributed by atoms with Gasteiger partial charge in [-0.2, -0.15) is 0 Å². The minimum atomic E-state index is -2.21. The lowest BCUT2D eigenvalue weighted by molar-refractivity contribution is -0.333. The largest absolute Gasteiger partial charge is 0.478 e. The lowest BCUT2D eigenvalue weighted by Crippen LogP contribution is -2.70. The highest BCUT2D eigenvalue weighted by Gasteiger charge is 2.59. The summed E-state index contributed by atoms with van der Waals surface area (Å²) in [5, 5.41) is 77.9. The molecular formula is C43H58O12. The fourth-order valence-electron chi connectivity index (χ4n) is 8.45. The fourth-order valence-corrected chi connectivity index (χ4v) is 8.45. The normalized spacial score (nSPS) is 32.1. The molecule has 2 fully saturated rings. The van der Waals surface area contributed by atoms with Crippen LogP contribution < -0.4 is 4.74 Å². The number of allylic oxidation sites excluding steroid dienone is 1. The summed E-state index contributed by atoms with van der Waals surface area (Å²) in [7, 11) is 1.64. The number of hydrogen-bond acceptors (Lipinski definition) is 11. The molecule has 0 radical (unpaired) electrons. The number of hydrogen-bond donors (Lipinski definition) is 7. The van der Waals surface area contributed by atoms with Crippen LogP contribution in [0, 0.1) is 23.9 Å². The lowest BCUT2D eigenvalue weighted by Gasteiger charge is -2.50. The zero-order valence-corrected chi connectivity index (χ0v) is 31.7. The van der Waals surface area contributed by atoms with Crippen molar-refractivity contribution in [2.75, 3.05) is 20.3 Å². The van der Waals surface area contributed by atoms with E-state index in [1.54, 1.807) is 37.4 Å². The van der Waals surface area contributed by atoms with Crippen LogP contribution in [0.25, 0.3) is 0 Å². The Hall–Kier alpha value is -3.51. The summed E-state index contributed by atoms with van der Waals surface area (Å²) in [6.07, 6.45) is 1.78. The number of aryl methyl sites for hydroxylation is 1. The van der Waals surface area contributed by atoms with Gasteiger partial charge in [-0.05, 0) is 130 Å². The summed E-state index contributed by atoms with van der Waals surface area (Å²) in [6, 6.07) is 12.3. The van der Waals surface area contributed by atoms with Crippen molar-refractivity contribution in [1.82, 2.24) is 0 Å². The first kappa shape index (κ1) is 42.6. The van der Waals surface area contributed by atoms with Crippen molar-refractivity contribution in [2.24, 2.45) is 11.8 Å². The van der Waals surface area contributed by atoms with Crippen LogP contribution in [0.3, 0.4) is 0 Å². The van der Waals surface area contributed by atoms with Crippen LogP contribution in [0.5, 0.6) is 5.75 Å². The first-order valence-electron chi connectivity index (χ1n) is 19.5. The van der Waals surface area contributed by atoms with E-state index in [1.165, 1.54) is 0 Å². The van der Waals surface area contributed by atoms with E-state index in [-0.39, 0.29) is 43.8 Å². The van der Waals surface area contributed by atoms with Gasteiger partial charge in [-0.25, -0.2) is 4.79 Å². The Morgan fingerprint density at radius 1 is 1.05 bits per heavy atom. The van der Waals surface area contributed by atoms with Gasteiger partial charge in [-0.15, -0.1) is 6.58 Å². The van der Waals surface area contributed by atoms with Crippen LogP contribution in [0.1, 0.15) is 91.3 Å². The summed E-state index contributed by atoms with van der Waals surface area (Å²) in [6.45, 7) is 4.29. The average Bonchev–Trinajstić information content (AvgIpc) is 3.54. The molecule has 302 valence electrons. The molecule has 12 heteroatoms. The fraction of sp³-hybridized carbons (Fsp3) is 0.605. The number of fused-ring (bicyclic) bond motifs is 8. The standard InChI is InChI=1S/C43H58O12/c1-3-7-30-15-16-34(25-32(30)8-5-22-52-2)54-41-43(51)27-33(35(45)9-6-23-53-36(10-4-21-44)38(55-41)37(46)39(43)47)18-20-42(50)19-17-29(26-42)24-28-11-13-31(14-12-28)40(48)49/h3,11-16,25,29,33,35-39,41,44-47,50-51H,1,4-5,7-10,17-22,24,26-27H2,2H3,(H,48,49). The summed E-state index contributed by atoms with van der Waals surface area (Å²) in [5.74, 6) is 1.70. The zero-order valence-electron chi connectivity index (χ0n) is 31.7. The third-order valence-electron chi connectivity index (χ3n) is 11.6. The molecule has 4 aliphatic rings. The van der Waals surface area contributed by atoms with Gasteiger partial charge in [0, 0.05) is 26.7 Å². The Kier molecular flexibility index (Phi) is 15.2. The molecule has 10 atom stereocenters. The minimum Gasteiger partial charge on any atom is -0.478 e. The van der Waals surface area contributed by atoms with Crippen LogP contribution >= 0.6 is 0 Å². The maximum atomic E-state index is 12.5. The molecule has 1 saturated heterocycles. The second kappa shape index (κ2) is 19.6. The predicted octanol–water partition coefficient (Wildman–Crippen LogP) is 3.69. The molecule has 2 bridgehead atoms. The van der Waals surface area contributed by atoms with E-state index in [0.29, 0.717) is 57.3 Å². The Morgan fingerprint density at radius 2 is 1.84 bits per heavy atom. The number of ether oxygens (including phenoxy) is 4. The van der Waals surface area contributed by atoms with Crippen molar-refractivity contribution >= 4 is 5.97 Å². The highest BCUT2D eigenvalue weighted by atomic mass is 16.7. The number of carboxylic acids is 1. The smallest absolute Gasteiger partial charge is 0.335 e. The molecule has 2 aromatic carbocycles. The first-order chi connectivity index (χ1) is 26.4. The maximum absolute atomic E-state index is 12.5. The number of aromatic carboxylic acids is 1. The molecule has 55 heavy (non-hydrogen) atoms. The number of methoxy groups -OCH3 is 1. The molecule has 12 nitrogen and oxygen atoms in total. The van der Waals surface area contributed by atoms with Gasteiger partial charge in [-0.1, -0.05) is 30.2 Å². The van der Waals surface area contributed by atoms with Crippen LogP contribution in [-0.4, -0.2) is 110 Å². The zero-order chi connectivity index (χ0) is 39.6. The van der Waals surface area contributed by atoms with E-state index in [2.05, 4.69) is 18.6 Å². The second-order valence-electron chi connectivity index (χ2n) is 15.6. The molecule has 0 spiro atoms. The number of carbonyl (C=O) groups is 1. The van der Waals surface area contributed by atoms with Gasteiger partial charge in [0.25, 0.3) is 0 Å². The highest BCUT2D eigenvalue weighted by Crippen LogP contribution is 2.44. The number of benzene rings is 2. The molecule has 7 N–H and O–H groups in total. The third kappa shape index (κ3) is 10.9. The van der Waals surface area contributed by atoms with Crippen molar-refractivity contribution in [1.29, 1.82) is 0 Å². The molecule has 2 aromatic rings. The Labute approximate surface area is 323 Å². The summed E-state index contributed by atoms with van der Waals surface area (Å²) in [4.78, 5) is 11.3. The summed E-state index contributed by atoms with van der Waals surface area (Å²) >= 11 is 0. The second-order valence-corrected chi connectivity index (χ2v) is 15.6. The predicted molar refractivity (Wildman–Crippen MR) is 203 cm³/mol. The van der Waals surface area contributed by atoms with Gasteiger partial charge >= 0.3 is 5.97 Å². The highest BCUT2D eigenvalue weighted by molar-refractivity contribution is 5.87. The molecule has 1 saturated carbocycles. The molecule has 6 rings (SSSR count). The topological polar surface area (TPSA) is 196 Å². The van der Waals surface area contributed by atoms with Gasteiger partial charge in [-0.3, -0.25) is 0 Å². The SMILES string of the molecule is C=CCc1ccc(OC2OC3C(CCCO)OC#CCC(O)C(CCC4(O)CCC(Cc5ccc(C(=O)O)cc5)C4)CC2(O)C(O)C3O)cc1CCCOC. The molecule has 3 heterocycles. The average molecular weight is 767 g/mol. The molecule has 3 aliphatic heterocycles. The van der Waals surface area contributed by atoms with Crippen molar-refractivity contribution < 1.29 is 59.5 Å². The van der Waals surface area contributed by atoms with Gasteiger partial charge in [0.2, 0.25) is 6.29 Å². The van der Waals surface area contributed by atoms with Gasteiger partial charge in [0.1, 0.15) is 36.3 Å². The maximum Gasteiger partial charge on any atom is 0.335 e. The van der Waals surface area contributed by atoms with Crippen molar-refractivity contribution in [2.45, 2.75) is 131 Å². The number of aliphatic hydroxyl groups is 6. The van der Waals surface area contributed by atoms with Crippen molar-refractivity contribution in [3.8, 4) is 17.8 Å². The lowest BCUT2D eigenvalue weighted by atomic mass is 9.74. The number of carboxylic acid groups (broad SMARTS) is 1. The third-order valence-corrected chi connectivity index (χ3v) is 11.6. The van der Waals surface area contributed by atoms with Crippen molar-refractivity contribution in [3.63, 3.8) is 0 Å². The van der Waals surface area contributed by atoms with E-state index in [0.717, 1.165) is 29.5 Å². The van der Waals surface area contributed by atoms with E-state index < -0.39 is 59.9 Å². The van der Waals surface area contributed by atoms with Crippen LogP contribution in [-0.2, 0) is 33.5 Å². The van der Waals surface area contributed by atoms with Gasteiger partial charge in [0.15, 0.2) is 5.60 Å². The Morgan fingerprint density at radius 3 is 2.55 bits per heavy atom. The molecular weight excluding hydrogens is 708 g/mol. The van der Waals surface area contributed by atoms with E-state index in [4.69, 9.17) is 18.9 Å². The van der Waals surface area contributed by atoms with Gasteiger partial charge < -0.3 is 54.7 Å².